The highest BCUT2D eigenvalue weighted by molar-refractivity contribution is 6.30. The molecule has 3 fully saturated rings. The smallest absolute Gasteiger partial charge is 0.305 e. The summed E-state index contributed by atoms with van der Waals surface area (Å²) >= 11 is 6.20. The fourth-order valence-electron chi connectivity index (χ4n) is 6.57. The molecule has 0 bridgehead atoms. The maximum Gasteiger partial charge on any atom is 0.305 e. The number of halogens is 1. The summed E-state index contributed by atoms with van der Waals surface area (Å²) in [5.74, 6) is 6.08. The molecule has 3 aromatic rings. The average molecular weight is 607 g/mol. The molecule has 2 aliphatic carbocycles. The third kappa shape index (κ3) is 5.44. The molecule has 43 heavy (non-hydrogen) atoms. The highest BCUT2D eigenvalue weighted by atomic mass is 35.5. The second-order valence-corrected chi connectivity index (χ2v) is 12.2. The minimum atomic E-state index is -0.818. The molecule has 5 atom stereocenters. The van der Waals surface area contributed by atoms with Crippen LogP contribution >= 0.6 is 11.6 Å². The Hall–Kier alpha value is -3.72. The van der Waals surface area contributed by atoms with Crippen LogP contribution in [-0.2, 0) is 30.3 Å². The monoisotopic (exact) mass is 606 g/mol. The molecule has 0 unspecified atom stereocenters. The van der Waals surface area contributed by atoms with Crippen LogP contribution in [0.1, 0.15) is 63.4 Å². The Kier molecular flexibility index (Phi) is 7.79. The number of unbranched alkanes of at least 4 members (excludes halogenated alkanes) is 2. The summed E-state index contributed by atoms with van der Waals surface area (Å²) in [5, 5.41) is 6.89. The van der Waals surface area contributed by atoms with E-state index in [4.69, 9.17) is 40.8 Å². The number of nitrogens with one attached hydrogen (secondary N) is 2. The quantitative estimate of drug-likeness (QED) is 0.211. The molecule has 1 saturated heterocycles. The average Bonchev–Trinajstić information content (AvgIpc) is 3.30. The number of imidazole rings is 1. The van der Waals surface area contributed by atoms with Gasteiger partial charge in [0.1, 0.15) is 12.2 Å². The van der Waals surface area contributed by atoms with Crippen LogP contribution in [-0.4, -0.2) is 63.5 Å². The molecule has 2 aromatic heterocycles. The molecule has 6 rings (SSSR count). The summed E-state index contributed by atoms with van der Waals surface area (Å²) in [6.45, 7) is 4.23. The van der Waals surface area contributed by atoms with Crippen LogP contribution < -0.4 is 10.6 Å². The van der Waals surface area contributed by atoms with Gasteiger partial charge in [0, 0.05) is 37.4 Å². The van der Waals surface area contributed by atoms with Gasteiger partial charge in [-0.3, -0.25) is 9.59 Å². The minimum Gasteiger partial charge on any atom is -0.469 e. The highest BCUT2D eigenvalue weighted by Crippen LogP contribution is 2.71. The zero-order valence-corrected chi connectivity index (χ0v) is 25.4. The van der Waals surface area contributed by atoms with Crippen LogP contribution in [0.5, 0.6) is 0 Å². The van der Waals surface area contributed by atoms with Gasteiger partial charge in [-0.2, -0.15) is 0 Å². The molecular formula is C31H35ClN6O5. The predicted octanol–water partition coefficient (Wildman–Crippen LogP) is 4.00. The Morgan fingerprint density at radius 1 is 1.23 bits per heavy atom. The largest absolute Gasteiger partial charge is 0.469 e. The van der Waals surface area contributed by atoms with E-state index in [9.17, 15) is 9.59 Å². The molecule has 1 aliphatic heterocycles. The van der Waals surface area contributed by atoms with Crippen molar-refractivity contribution in [2.45, 2.75) is 76.5 Å². The summed E-state index contributed by atoms with van der Waals surface area (Å²) < 4.78 is 19.4. The summed E-state index contributed by atoms with van der Waals surface area (Å²) in [6.07, 6.45) is 4.13. The second kappa shape index (κ2) is 11.4. The highest BCUT2D eigenvalue weighted by Gasteiger charge is 2.79. The number of rotatable bonds is 9. The third-order valence-electron chi connectivity index (χ3n) is 8.55. The molecule has 11 nitrogen and oxygen atoms in total. The van der Waals surface area contributed by atoms with Gasteiger partial charge < -0.3 is 29.4 Å². The van der Waals surface area contributed by atoms with Crippen LogP contribution in [0.15, 0.2) is 30.6 Å². The first-order chi connectivity index (χ1) is 20.7. The number of ether oxygens (including phenoxy) is 3. The van der Waals surface area contributed by atoms with Crippen molar-refractivity contribution in [3.05, 3.63) is 47.0 Å². The maximum atomic E-state index is 13.1. The number of amides is 1. The molecule has 0 spiro atoms. The van der Waals surface area contributed by atoms with Gasteiger partial charge in [0.05, 0.1) is 24.9 Å². The van der Waals surface area contributed by atoms with Crippen molar-refractivity contribution >= 4 is 40.5 Å². The van der Waals surface area contributed by atoms with E-state index >= 15 is 0 Å². The van der Waals surface area contributed by atoms with Crippen molar-refractivity contribution in [2.75, 3.05) is 19.5 Å². The fourth-order valence-corrected chi connectivity index (χ4v) is 6.78. The van der Waals surface area contributed by atoms with E-state index in [1.54, 1.807) is 13.4 Å². The molecule has 1 aromatic carbocycles. The number of esters is 1. The fraction of sp³-hybridized carbons (Fsp3) is 0.516. The lowest BCUT2D eigenvalue weighted by atomic mass is 9.98. The van der Waals surface area contributed by atoms with Gasteiger partial charge >= 0.3 is 5.97 Å². The number of anilines is 1. The number of nitrogens with zero attached hydrogens (tertiary/aromatic N) is 4. The van der Waals surface area contributed by atoms with E-state index in [2.05, 4.69) is 22.5 Å². The van der Waals surface area contributed by atoms with Crippen molar-refractivity contribution in [3.63, 3.8) is 0 Å². The van der Waals surface area contributed by atoms with E-state index < -0.39 is 11.2 Å². The summed E-state index contributed by atoms with van der Waals surface area (Å²) in [7, 11) is 3.05. The number of carbonyl (C=O) groups is 2. The van der Waals surface area contributed by atoms with Crippen LogP contribution in [0.2, 0.25) is 5.02 Å². The molecular weight excluding hydrogens is 572 g/mol. The SMILES string of the molecule is CNC(=O)[C@@]12C[C@@H]1[C@@H](n1cnc3c(NCc4cccc(Cl)c4)nc(C#CCCCCC(=O)OC)nc31)[C@@H]1OC(C)(C)O[C@@H]12. The van der Waals surface area contributed by atoms with Crippen molar-refractivity contribution in [1.29, 1.82) is 0 Å². The van der Waals surface area contributed by atoms with E-state index in [1.807, 2.05) is 42.7 Å². The molecule has 2 saturated carbocycles. The number of benzene rings is 1. The zero-order valence-electron chi connectivity index (χ0n) is 24.6. The lowest BCUT2D eigenvalue weighted by molar-refractivity contribution is -0.164. The number of methoxy groups -OCH3 is 1. The minimum absolute atomic E-state index is 0.0122. The first kappa shape index (κ1) is 29.4. The topological polar surface area (TPSA) is 129 Å². The third-order valence-corrected chi connectivity index (χ3v) is 8.78. The molecule has 12 heteroatoms. The Balaban J connectivity index is 1.33. The zero-order chi connectivity index (χ0) is 30.4. The van der Waals surface area contributed by atoms with E-state index in [-0.39, 0.29) is 36.0 Å². The van der Waals surface area contributed by atoms with Gasteiger partial charge in [-0.1, -0.05) is 29.7 Å². The van der Waals surface area contributed by atoms with Gasteiger partial charge in [-0.25, -0.2) is 15.0 Å². The van der Waals surface area contributed by atoms with Gasteiger partial charge in [0.2, 0.25) is 11.7 Å². The first-order valence-electron chi connectivity index (χ1n) is 14.5. The Morgan fingerprint density at radius 2 is 2.07 bits per heavy atom. The number of carbonyl (C=O) groups excluding carboxylic acids is 2. The first-order valence-corrected chi connectivity index (χ1v) is 14.9. The van der Waals surface area contributed by atoms with Gasteiger partial charge in [0.15, 0.2) is 22.8 Å². The van der Waals surface area contributed by atoms with Crippen molar-refractivity contribution < 1.29 is 23.8 Å². The number of hydrogen-bond acceptors (Lipinski definition) is 9. The van der Waals surface area contributed by atoms with Gasteiger partial charge in [-0.05, 0) is 56.7 Å². The Morgan fingerprint density at radius 3 is 2.84 bits per heavy atom. The normalized spacial score (nSPS) is 26.3. The van der Waals surface area contributed by atoms with Crippen molar-refractivity contribution in [2.24, 2.45) is 11.3 Å². The van der Waals surface area contributed by atoms with Crippen LogP contribution in [0.4, 0.5) is 5.82 Å². The molecule has 3 aliphatic rings. The molecule has 2 N–H and O–H groups in total. The maximum absolute atomic E-state index is 13.1. The summed E-state index contributed by atoms with van der Waals surface area (Å²) in [4.78, 5) is 38.8. The van der Waals surface area contributed by atoms with E-state index in [0.717, 1.165) is 12.0 Å². The van der Waals surface area contributed by atoms with E-state index in [1.165, 1.54) is 7.11 Å². The Labute approximate surface area is 255 Å². The van der Waals surface area contributed by atoms with E-state index in [0.29, 0.717) is 60.1 Å². The molecule has 226 valence electrons. The number of fused-ring (bicyclic) bond motifs is 4. The van der Waals surface area contributed by atoms with Crippen LogP contribution in [0.25, 0.3) is 11.2 Å². The lowest BCUT2D eigenvalue weighted by Crippen LogP contribution is -2.40. The predicted molar refractivity (Wildman–Crippen MR) is 159 cm³/mol. The molecule has 0 radical (unpaired) electrons. The second-order valence-electron chi connectivity index (χ2n) is 11.7. The van der Waals surface area contributed by atoms with Crippen LogP contribution in [0.3, 0.4) is 0 Å². The van der Waals surface area contributed by atoms with Gasteiger partial charge in [-0.15, -0.1) is 0 Å². The molecule has 3 heterocycles. The lowest BCUT2D eigenvalue weighted by Gasteiger charge is -2.24. The summed E-state index contributed by atoms with van der Waals surface area (Å²) in [5.41, 5.74) is 1.54. The standard InChI is InChI=1S/C31H35ClN6O5/c1-30(2)42-25-24(20-15-31(20,26(25)43-30)29(40)33-3)38-17-35-23-27(34-16-18-10-9-11-19(32)14-18)36-21(37-28(23)38)12-7-5-6-8-13-22(39)41-4/h9-11,14,17,20,24-26H,5-6,8,13,15-16H2,1-4H3,(H,33,40)(H,34,36,37)/t20-,24-,25+,26+,31+/m1/s1. The summed E-state index contributed by atoms with van der Waals surface area (Å²) in [6, 6.07) is 7.40. The number of hydrogen-bond donors (Lipinski definition) is 2. The van der Waals surface area contributed by atoms with Gasteiger partial charge in [0.25, 0.3) is 0 Å². The van der Waals surface area contributed by atoms with Crippen molar-refractivity contribution in [1.82, 2.24) is 24.8 Å². The van der Waals surface area contributed by atoms with Crippen LogP contribution in [0, 0.1) is 23.2 Å². The van der Waals surface area contributed by atoms with Crippen molar-refractivity contribution in [3.8, 4) is 11.8 Å². The molecule has 1 amide bonds. The number of aromatic nitrogens is 4. The Bertz CT molecular complexity index is 1630.